The molecule has 1 amide bonds. The quantitative estimate of drug-likeness (QED) is 0.671. The van der Waals surface area contributed by atoms with Gasteiger partial charge in [-0.05, 0) is 24.3 Å². The Hall–Kier alpha value is -1.97. The molecule has 0 fully saturated rings. The van der Waals surface area contributed by atoms with E-state index in [1.165, 1.54) is 5.69 Å². The van der Waals surface area contributed by atoms with Crippen molar-refractivity contribution in [2.45, 2.75) is 13.1 Å². The summed E-state index contributed by atoms with van der Waals surface area (Å²) >= 11 is 0. The first-order valence-corrected chi connectivity index (χ1v) is 5.27. The van der Waals surface area contributed by atoms with Crippen LogP contribution in [0.4, 0.5) is 5.69 Å². The molecule has 2 aromatic rings. The van der Waals surface area contributed by atoms with Gasteiger partial charge in [0.2, 0.25) is 5.91 Å². The van der Waals surface area contributed by atoms with E-state index < -0.39 is 0 Å². The second kappa shape index (κ2) is 3.01. The summed E-state index contributed by atoms with van der Waals surface area (Å²) in [6.45, 7) is 1.10. The van der Waals surface area contributed by atoms with Gasteiger partial charge in [0.25, 0.3) is 0 Å². The van der Waals surface area contributed by atoms with E-state index in [-0.39, 0.29) is 5.91 Å². The molecular weight excluding hydrogens is 202 g/mol. The first kappa shape index (κ1) is 9.27. The summed E-state index contributed by atoms with van der Waals surface area (Å²) in [7, 11) is 1.83. The van der Waals surface area contributed by atoms with Crippen LogP contribution in [-0.4, -0.2) is 22.4 Å². The summed E-state index contributed by atoms with van der Waals surface area (Å²) in [5.41, 5.74) is 8.77. The van der Waals surface area contributed by atoms with Crippen LogP contribution >= 0.6 is 0 Å². The van der Waals surface area contributed by atoms with Crippen molar-refractivity contribution in [1.82, 2.24) is 9.47 Å². The van der Waals surface area contributed by atoms with Gasteiger partial charge in [-0.25, -0.2) is 0 Å². The molecule has 0 atom stereocenters. The number of aromatic nitrogens is 1. The molecule has 1 aliphatic heterocycles. The highest BCUT2D eigenvalue weighted by molar-refractivity contribution is 5.87. The molecule has 0 bridgehead atoms. The Balaban J connectivity index is 2.24. The summed E-state index contributed by atoms with van der Waals surface area (Å²) in [5.74, 6) is 0.154. The fourth-order valence-electron chi connectivity index (χ4n) is 2.25. The maximum absolute atomic E-state index is 11.6. The predicted molar refractivity (Wildman–Crippen MR) is 62.8 cm³/mol. The normalized spacial score (nSPS) is 15.6. The largest absolute Gasteiger partial charge is 0.399 e. The van der Waals surface area contributed by atoms with Crippen molar-refractivity contribution < 1.29 is 4.79 Å². The van der Waals surface area contributed by atoms with E-state index >= 15 is 0 Å². The molecule has 1 aromatic carbocycles. The summed E-state index contributed by atoms with van der Waals surface area (Å²) in [4.78, 5) is 13.4. The third-order valence-electron chi connectivity index (χ3n) is 3.13. The minimum Gasteiger partial charge on any atom is -0.399 e. The molecule has 82 valence electrons. The third kappa shape index (κ3) is 1.19. The van der Waals surface area contributed by atoms with Gasteiger partial charge >= 0.3 is 0 Å². The van der Waals surface area contributed by atoms with Gasteiger partial charge in [0.1, 0.15) is 6.54 Å². The van der Waals surface area contributed by atoms with Crippen LogP contribution in [-0.2, 0) is 17.9 Å². The molecule has 1 aliphatic rings. The molecule has 0 saturated heterocycles. The Bertz CT molecular complexity index is 585. The van der Waals surface area contributed by atoms with Crippen LogP contribution in [0.1, 0.15) is 5.69 Å². The van der Waals surface area contributed by atoms with Crippen molar-refractivity contribution in [3.05, 3.63) is 30.0 Å². The number of benzene rings is 1. The van der Waals surface area contributed by atoms with Crippen LogP contribution < -0.4 is 5.73 Å². The zero-order valence-electron chi connectivity index (χ0n) is 9.10. The van der Waals surface area contributed by atoms with Crippen molar-refractivity contribution in [2.24, 2.45) is 0 Å². The predicted octanol–water partition coefficient (Wildman–Crippen LogP) is 1.20. The molecule has 1 aromatic heterocycles. The molecule has 2 N–H and O–H groups in total. The van der Waals surface area contributed by atoms with Gasteiger partial charge in [-0.15, -0.1) is 0 Å². The van der Waals surface area contributed by atoms with Crippen molar-refractivity contribution in [3.8, 4) is 0 Å². The summed E-state index contributed by atoms with van der Waals surface area (Å²) in [6, 6.07) is 7.91. The minimum absolute atomic E-state index is 0.154. The molecule has 3 rings (SSSR count). The van der Waals surface area contributed by atoms with Gasteiger partial charge in [-0.2, -0.15) is 0 Å². The molecule has 0 radical (unpaired) electrons. The van der Waals surface area contributed by atoms with E-state index in [1.807, 2.05) is 25.2 Å². The molecule has 0 unspecified atom stereocenters. The number of carbonyl (C=O) groups is 1. The summed E-state index contributed by atoms with van der Waals surface area (Å²) in [5, 5.41) is 1.11. The molecule has 4 heteroatoms. The molecular formula is C12H13N3O. The Morgan fingerprint density at radius 3 is 2.88 bits per heavy atom. The number of nitrogens with two attached hydrogens (primary N) is 1. The number of amides is 1. The van der Waals surface area contributed by atoms with Gasteiger partial charge in [0.05, 0.1) is 6.54 Å². The Kier molecular flexibility index (Phi) is 1.74. The fourth-order valence-corrected chi connectivity index (χ4v) is 2.25. The number of hydrogen-bond donors (Lipinski definition) is 1. The van der Waals surface area contributed by atoms with Crippen LogP contribution in [0.3, 0.4) is 0 Å². The van der Waals surface area contributed by atoms with E-state index in [1.54, 1.807) is 4.90 Å². The van der Waals surface area contributed by atoms with Gasteiger partial charge in [-0.3, -0.25) is 4.79 Å². The lowest BCUT2D eigenvalue weighted by Crippen LogP contribution is -2.35. The maximum atomic E-state index is 11.6. The zero-order valence-corrected chi connectivity index (χ0v) is 9.10. The number of rotatable bonds is 0. The molecule has 16 heavy (non-hydrogen) atoms. The van der Waals surface area contributed by atoms with E-state index in [0.29, 0.717) is 13.1 Å². The number of hydrogen-bond acceptors (Lipinski definition) is 2. The Morgan fingerprint density at radius 2 is 2.06 bits per heavy atom. The van der Waals surface area contributed by atoms with Gasteiger partial charge in [0.15, 0.2) is 0 Å². The number of fused-ring (bicyclic) bond motifs is 3. The number of anilines is 1. The number of nitrogen functional groups attached to an aromatic ring is 1. The molecule has 0 spiro atoms. The van der Waals surface area contributed by atoms with Crippen molar-refractivity contribution in [3.63, 3.8) is 0 Å². The van der Waals surface area contributed by atoms with E-state index in [0.717, 1.165) is 16.6 Å². The second-order valence-corrected chi connectivity index (χ2v) is 4.29. The lowest BCUT2D eigenvalue weighted by atomic mass is 10.2. The smallest absolute Gasteiger partial charge is 0.242 e. The van der Waals surface area contributed by atoms with Gasteiger partial charge in [-0.1, -0.05) is 0 Å². The standard InChI is InChI=1S/C12H13N3O/c1-14-6-10-5-8-4-9(13)2-3-11(8)15(10)7-12(14)16/h2-5H,6-7,13H2,1H3. The Morgan fingerprint density at radius 1 is 1.25 bits per heavy atom. The lowest BCUT2D eigenvalue weighted by Gasteiger charge is -2.24. The van der Waals surface area contributed by atoms with E-state index in [2.05, 4.69) is 10.6 Å². The molecule has 0 aliphatic carbocycles. The maximum Gasteiger partial charge on any atom is 0.242 e. The number of likely N-dealkylation sites (N-methyl/N-ethyl adjacent to an activating group) is 1. The first-order valence-electron chi connectivity index (χ1n) is 5.27. The first-order chi connectivity index (χ1) is 7.65. The minimum atomic E-state index is 0.154. The van der Waals surface area contributed by atoms with Gasteiger partial charge < -0.3 is 15.2 Å². The molecule has 2 heterocycles. The summed E-state index contributed by atoms with van der Waals surface area (Å²) in [6.07, 6.45) is 0. The fraction of sp³-hybridized carbons (Fsp3) is 0.250. The van der Waals surface area contributed by atoms with E-state index in [4.69, 9.17) is 5.73 Å². The van der Waals surface area contributed by atoms with E-state index in [9.17, 15) is 4.79 Å². The highest BCUT2D eigenvalue weighted by Crippen LogP contribution is 2.25. The average molecular weight is 215 g/mol. The molecule has 4 nitrogen and oxygen atoms in total. The summed E-state index contributed by atoms with van der Waals surface area (Å²) < 4.78 is 2.07. The lowest BCUT2D eigenvalue weighted by molar-refractivity contribution is -0.132. The van der Waals surface area contributed by atoms with Crippen LogP contribution in [0.5, 0.6) is 0 Å². The topological polar surface area (TPSA) is 51.3 Å². The highest BCUT2D eigenvalue weighted by Gasteiger charge is 2.21. The second-order valence-electron chi connectivity index (χ2n) is 4.29. The van der Waals surface area contributed by atoms with Gasteiger partial charge in [0, 0.05) is 29.3 Å². The average Bonchev–Trinajstić information content (AvgIpc) is 2.55. The monoisotopic (exact) mass is 215 g/mol. The number of nitrogens with zero attached hydrogens (tertiary/aromatic N) is 2. The van der Waals surface area contributed by atoms with Crippen LogP contribution in [0.15, 0.2) is 24.3 Å². The van der Waals surface area contributed by atoms with Crippen molar-refractivity contribution in [1.29, 1.82) is 0 Å². The Labute approximate surface area is 93.2 Å². The van der Waals surface area contributed by atoms with Crippen molar-refractivity contribution in [2.75, 3.05) is 12.8 Å². The SMILES string of the molecule is CN1Cc2cc3cc(N)ccc3n2CC1=O. The zero-order chi connectivity index (χ0) is 11.3. The van der Waals surface area contributed by atoms with Crippen LogP contribution in [0, 0.1) is 0 Å². The third-order valence-corrected chi connectivity index (χ3v) is 3.13. The molecule has 0 saturated carbocycles. The van der Waals surface area contributed by atoms with Crippen LogP contribution in [0.25, 0.3) is 10.9 Å². The highest BCUT2D eigenvalue weighted by atomic mass is 16.2. The van der Waals surface area contributed by atoms with Crippen LogP contribution in [0.2, 0.25) is 0 Å². The number of carbonyl (C=O) groups excluding carboxylic acids is 1. The van der Waals surface area contributed by atoms with Crippen molar-refractivity contribution >= 4 is 22.5 Å².